The van der Waals surface area contributed by atoms with E-state index in [1.165, 1.54) is 12.7 Å². The first-order valence-electron chi connectivity index (χ1n) is 5.19. The van der Waals surface area contributed by atoms with Gasteiger partial charge in [0.2, 0.25) is 10.0 Å². The van der Waals surface area contributed by atoms with Gasteiger partial charge in [-0.25, -0.2) is 8.42 Å². The number of hydrogen-bond donors (Lipinski definition) is 0. The topological polar surface area (TPSA) is 37.1 Å². The van der Waals surface area contributed by atoms with Crippen molar-refractivity contribution < 1.29 is 8.42 Å². The van der Waals surface area contributed by atoms with Gasteiger partial charge in [-0.1, -0.05) is 12.2 Å². The van der Waals surface area contributed by atoms with Gasteiger partial charge >= 0.3 is 0 Å². The van der Waals surface area contributed by atoms with Crippen LogP contribution in [0.25, 0.3) is 0 Å². The van der Waals surface area contributed by atoms with Crippen LogP contribution in [-0.4, -0.2) is 30.1 Å². The van der Waals surface area contributed by atoms with Crippen LogP contribution < -0.4 is 0 Å². The molecule has 2 aliphatic carbocycles. The summed E-state index contributed by atoms with van der Waals surface area (Å²) in [5, 5.41) is 0. The van der Waals surface area contributed by atoms with Crippen molar-refractivity contribution in [1.82, 2.24) is 4.31 Å². The van der Waals surface area contributed by atoms with Crippen LogP contribution in [0.3, 0.4) is 0 Å². The van der Waals surface area contributed by atoms with Crippen molar-refractivity contribution in [2.75, 3.05) is 6.26 Å². The lowest BCUT2D eigenvalue weighted by atomic mass is 9.86. The van der Waals surface area contributed by atoms with E-state index >= 15 is 0 Å². The SMILES string of the molecule is CS(=O)(=O)N1[C@]23CC=CC[C@@]12CCC3. The Balaban J connectivity index is 2.09. The monoisotopic (exact) mass is 213 g/mol. The highest BCUT2D eigenvalue weighted by Gasteiger charge is 2.79. The lowest BCUT2D eigenvalue weighted by Gasteiger charge is -2.14. The van der Waals surface area contributed by atoms with Gasteiger partial charge in [0.1, 0.15) is 0 Å². The molecule has 1 saturated carbocycles. The van der Waals surface area contributed by atoms with Crippen LogP contribution in [0, 0.1) is 0 Å². The number of hydrogen-bond acceptors (Lipinski definition) is 2. The predicted octanol–water partition coefficient (Wildman–Crippen LogP) is 1.27. The van der Waals surface area contributed by atoms with E-state index in [9.17, 15) is 8.42 Å². The smallest absolute Gasteiger partial charge is 0.212 e. The molecule has 1 heterocycles. The van der Waals surface area contributed by atoms with Crippen LogP contribution >= 0.6 is 0 Å². The van der Waals surface area contributed by atoms with Crippen molar-refractivity contribution in [1.29, 1.82) is 0 Å². The molecule has 0 amide bonds. The number of piperidine rings is 1. The third kappa shape index (κ3) is 0.762. The zero-order valence-corrected chi connectivity index (χ0v) is 9.18. The van der Waals surface area contributed by atoms with Crippen molar-refractivity contribution >= 4 is 10.0 Å². The molecule has 0 aromatic carbocycles. The first kappa shape index (κ1) is 8.92. The zero-order valence-electron chi connectivity index (χ0n) is 8.36. The van der Waals surface area contributed by atoms with Crippen LogP contribution in [-0.2, 0) is 10.0 Å². The van der Waals surface area contributed by atoms with E-state index < -0.39 is 10.0 Å². The second-order valence-electron chi connectivity index (χ2n) is 4.82. The van der Waals surface area contributed by atoms with Gasteiger partial charge in [-0.2, -0.15) is 4.31 Å². The standard InChI is InChI=1S/C10H15NO2S/c1-14(12,13)11-9-5-2-3-6-10(9,11)8-4-7-9/h2-3H,4-8H2,1H3/t9-,10-/m0/s1. The highest BCUT2D eigenvalue weighted by Crippen LogP contribution is 2.68. The first-order valence-corrected chi connectivity index (χ1v) is 7.03. The van der Waals surface area contributed by atoms with Gasteiger partial charge in [0.05, 0.1) is 17.3 Å². The van der Waals surface area contributed by atoms with E-state index in [0.29, 0.717) is 0 Å². The fourth-order valence-electron chi connectivity index (χ4n) is 3.81. The molecule has 0 spiro atoms. The van der Waals surface area contributed by atoms with Gasteiger partial charge in [-0.15, -0.1) is 0 Å². The summed E-state index contributed by atoms with van der Waals surface area (Å²) in [5.41, 5.74) is -0.00926. The molecule has 2 atom stereocenters. The maximum Gasteiger partial charge on any atom is 0.212 e. The number of sulfonamides is 1. The summed E-state index contributed by atoms with van der Waals surface area (Å²) < 4.78 is 25.1. The minimum atomic E-state index is -3.00. The van der Waals surface area contributed by atoms with E-state index in [1.807, 2.05) is 0 Å². The Morgan fingerprint density at radius 1 is 1.14 bits per heavy atom. The highest BCUT2D eigenvalue weighted by atomic mass is 32.2. The minimum absolute atomic E-state index is 0.00463. The Hall–Kier alpha value is -0.350. The lowest BCUT2D eigenvalue weighted by Crippen LogP contribution is -2.22. The summed E-state index contributed by atoms with van der Waals surface area (Å²) in [4.78, 5) is 0. The van der Waals surface area contributed by atoms with Crippen LogP contribution in [0.4, 0.5) is 0 Å². The summed E-state index contributed by atoms with van der Waals surface area (Å²) in [6.07, 6.45) is 10.8. The Bertz CT molecular complexity index is 392. The molecule has 2 fully saturated rings. The summed E-state index contributed by atoms with van der Waals surface area (Å²) in [7, 11) is -3.00. The van der Waals surface area contributed by atoms with Crippen molar-refractivity contribution in [2.45, 2.75) is 43.2 Å². The molecule has 0 radical (unpaired) electrons. The molecule has 0 aromatic heterocycles. The van der Waals surface area contributed by atoms with Crippen LogP contribution in [0.15, 0.2) is 12.2 Å². The lowest BCUT2D eigenvalue weighted by molar-refractivity contribution is 0.447. The third-order valence-electron chi connectivity index (χ3n) is 4.18. The molecular formula is C10H15NO2S. The summed E-state index contributed by atoms with van der Waals surface area (Å²) in [6, 6.07) is 0. The third-order valence-corrected chi connectivity index (χ3v) is 5.55. The number of nitrogens with zero attached hydrogens (tertiary/aromatic N) is 1. The zero-order chi connectivity index (χ0) is 10.0. The largest absolute Gasteiger partial charge is 0.212 e. The van der Waals surface area contributed by atoms with E-state index in [2.05, 4.69) is 12.2 Å². The Labute approximate surface area is 84.8 Å². The molecule has 78 valence electrons. The molecular weight excluding hydrogens is 198 g/mol. The normalized spacial score (nSPS) is 49.9. The average molecular weight is 213 g/mol. The van der Waals surface area contributed by atoms with Gasteiger partial charge in [0.25, 0.3) is 0 Å². The van der Waals surface area contributed by atoms with Crippen LogP contribution in [0.5, 0.6) is 0 Å². The fourth-order valence-corrected chi connectivity index (χ4v) is 5.71. The molecule has 0 unspecified atom stereocenters. The van der Waals surface area contributed by atoms with Crippen LogP contribution in [0.2, 0.25) is 0 Å². The van der Waals surface area contributed by atoms with Gasteiger partial charge in [0.15, 0.2) is 0 Å². The quantitative estimate of drug-likeness (QED) is 0.486. The van der Waals surface area contributed by atoms with Gasteiger partial charge in [-0.3, -0.25) is 0 Å². The molecule has 3 aliphatic rings. The Kier molecular flexibility index (Phi) is 1.43. The van der Waals surface area contributed by atoms with Crippen molar-refractivity contribution in [3.8, 4) is 0 Å². The molecule has 1 aliphatic heterocycles. The predicted molar refractivity (Wildman–Crippen MR) is 54.4 cm³/mol. The minimum Gasteiger partial charge on any atom is -0.212 e. The van der Waals surface area contributed by atoms with E-state index in [-0.39, 0.29) is 11.1 Å². The van der Waals surface area contributed by atoms with Crippen molar-refractivity contribution in [3.05, 3.63) is 12.2 Å². The molecule has 14 heavy (non-hydrogen) atoms. The van der Waals surface area contributed by atoms with Crippen molar-refractivity contribution in [2.24, 2.45) is 0 Å². The Morgan fingerprint density at radius 2 is 1.64 bits per heavy atom. The molecule has 4 heteroatoms. The molecule has 0 N–H and O–H groups in total. The second-order valence-corrected chi connectivity index (χ2v) is 6.65. The van der Waals surface area contributed by atoms with E-state index in [1.54, 1.807) is 4.31 Å². The van der Waals surface area contributed by atoms with Gasteiger partial charge in [-0.05, 0) is 32.1 Å². The fraction of sp³-hybridized carbons (Fsp3) is 0.800. The molecule has 0 aromatic rings. The van der Waals surface area contributed by atoms with E-state index in [4.69, 9.17) is 0 Å². The van der Waals surface area contributed by atoms with Gasteiger partial charge < -0.3 is 0 Å². The van der Waals surface area contributed by atoms with Crippen LogP contribution in [0.1, 0.15) is 32.1 Å². The highest BCUT2D eigenvalue weighted by molar-refractivity contribution is 7.88. The molecule has 0 bridgehead atoms. The molecule has 3 rings (SSSR count). The summed E-state index contributed by atoms with van der Waals surface area (Å²) in [5.74, 6) is 0. The summed E-state index contributed by atoms with van der Waals surface area (Å²) in [6.45, 7) is 0. The molecule has 1 saturated heterocycles. The maximum absolute atomic E-state index is 11.7. The maximum atomic E-state index is 11.7. The number of rotatable bonds is 1. The second kappa shape index (κ2) is 2.25. The summed E-state index contributed by atoms with van der Waals surface area (Å²) >= 11 is 0. The Morgan fingerprint density at radius 3 is 2.07 bits per heavy atom. The van der Waals surface area contributed by atoms with Crippen molar-refractivity contribution in [3.63, 3.8) is 0 Å². The molecule has 3 nitrogen and oxygen atoms in total. The average Bonchev–Trinajstić information content (AvgIpc) is 2.51. The first-order chi connectivity index (χ1) is 6.53. The van der Waals surface area contributed by atoms with Gasteiger partial charge in [0, 0.05) is 0 Å². The van der Waals surface area contributed by atoms with E-state index in [0.717, 1.165) is 25.7 Å².